The number of halogens is 1. The van der Waals surface area contributed by atoms with E-state index in [0.29, 0.717) is 6.54 Å². The third kappa shape index (κ3) is 1.92. The molecule has 0 aromatic rings. The lowest BCUT2D eigenvalue weighted by molar-refractivity contribution is 0.167. The van der Waals surface area contributed by atoms with Crippen LogP contribution in [0.5, 0.6) is 0 Å². The first kappa shape index (κ1) is 9.41. The Kier molecular flexibility index (Phi) is 2.64. The van der Waals surface area contributed by atoms with Crippen LogP contribution < -0.4 is 0 Å². The van der Waals surface area contributed by atoms with Crippen molar-refractivity contribution in [1.29, 1.82) is 0 Å². The van der Waals surface area contributed by atoms with E-state index >= 15 is 0 Å². The minimum atomic E-state index is -0.392. The second-order valence-electron chi connectivity index (χ2n) is 3.48. The van der Waals surface area contributed by atoms with Crippen molar-refractivity contribution in [3.8, 4) is 12.3 Å². The summed E-state index contributed by atoms with van der Waals surface area (Å²) < 4.78 is 0. The highest BCUT2D eigenvalue weighted by atomic mass is 35.5. The van der Waals surface area contributed by atoms with Gasteiger partial charge in [0.1, 0.15) is 0 Å². The Bertz CT molecular complexity index is 233. The summed E-state index contributed by atoms with van der Waals surface area (Å²) in [6.45, 7) is 3.31. The van der Waals surface area contributed by atoms with E-state index in [4.69, 9.17) is 18.0 Å². The summed E-state index contributed by atoms with van der Waals surface area (Å²) in [4.78, 5) is 12.4. The van der Waals surface area contributed by atoms with Crippen molar-refractivity contribution >= 4 is 17.0 Å². The number of nitrogens with zero attached hydrogens (tertiary/aromatic N) is 1. The summed E-state index contributed by atoms with van der Waals surface area (Å²) in [6, 6.07) is 0. The molecular formula is C9H12ClNO. The topological polar surface area (TPSA) is 20.3 Å². The van der Waals surface area contributed by atoms with E-state index < -0.39 is 5.37 Å². The van der Waals surface area contributed by atoms with Gasteiger partial charge >= 0.3 is 5.37 Å². The van der Waals surface area contributed by atoms with Gasteiger partial charge in [-0.3, -0.25) is 4.79 Å². The molecule has 0 aromatic heterocycles. The van der Waals surface area contributed by atoms with Gasteiger partial charge < -0.3 is 4.90 Å². The zero-order valence-corrected chi connectivity index (χ0v) is 7.90. The second kappa shape index (κ2) is 3.37. The van der Waals surface area contributed by atoms with E-state index in [1.807, 2.05) is 6.92 Å². The predicted octanol–water partition coefficient (Wildman–Crippen LogP) is 2.08. The average molecular weight is 186 g/mol. The molecule has 0 aliphatic carbocycles. The van der Waals surface area contributed by atoms with Crippen LogP contribution in [-0.2, 0) is 0 Å². The molecule has 1 rings (SSSR count). The summed E-state index contributed by atoms with van der Waals surface area (Å²) in [6.07, 6.45) is 7.29. The number of hydrogen-bond acceptors (Lipinski definition) is 1. The highest BCUT2D eigenvalue weighted by molar-refractivity contribution is 6.62. The van der Waals surface area contributed by atoms with Crippen LogP contribution in [0.4, 0.5) is 4.79 Å². The van der Waals surface area contributed by atoms with Crippen LogP contribution >= 0.6 is 11.6 Å². The Morgan fingerprint density at radius 3 is 2.92 bits per heavy atom. The van der Waals surface area contributed by atoms with E-state index in [-0.39, 0.29) is 5.41 Å². The number of hydrogen-bond donors (Lipinski definition) is 0. The molecule has 1 heterocycles. The average Bonchev–Trinajstić information content (AvgIpc) is 2.05. The van der Waals surface area contributed by atoms with Gasteiger partial charge in [0, 0.05) is 18.5 Å². The number of amides is 1. The van der Waals surface area contributed by atoms with E-state index in [1.54, 1.807) is 4.90 Å². The summed E-state index contributed by atoms with van der Waals surface area (Å²) >= 11 is 5.36. The van der Waals surface area contributed by atoms with E-state index in [1.165, 1.54) is 0 Å². The van der Waals surface area contributed by atoms with Crippen molar-refractivity contribution < 1.29 is 4.79 Å². The quantitative estimate of drug-likeness (QED) is 0.322. The summed E-state index contributed by atoms with van der Waals surface area (Å²) in [5.74, 6) is 2.71. The number of piperidine rings is 1. The predicted molar refractivity (Wildman–Crippen MR) is 49.0 cm³/mol. The molecule has 1 fully saturated rings. The van der Waals surface area contributed by atoms with Crippen molar-refractivity contribution in [2.45, 2.75) is 19.8 Å². The van der Waals surface area contributed by atoms with Gasteiger partial charge in [-0.25, -0.2) is 0 Å². The minimum absolute atomic E-state index is 0.178. The molecule has 1 unspecified atom stereocenters. The fraction of sp³-hybridized carbons (Fsp3) is 0.667. The zero-order chi connectivity index (χ0) is 9.19. The van der Waals surface area contributed by atoms with E-state index in [9.17, 15) is 4.79 Å². The molecule has 0 N–H and O–H groups in total. The highest BCUT2D eigenvalue weighted by Gasteiger charge is 2.30. The Labute approximate surface area is 77.9 Å². The number of carbonyl (C=O) groups is 1. The molecule has 1 atom stereocenters. The van der Waals surface area contributed by atoms with Gasteiger partial charge in [0.25, 0.3) is 0 Å². The van der Waals surface area contributed by atoms with Gasteiger partial charge in [-0.1, -0.05) is 5.92 Å². The van der Waals surface area contributed by atoms with Gasteiger partial charge in [-0.05, 0) is 31.4 Å². The molecule has 66 valence electrons. The summed E-state index contributed by atoms with van der Waals surface area (Å²) in [7, 11) is 0. The molecular weight excluding hydrogens is 174 g/mol. The largest absolute Gasteiger partial charge is 0.328 e. The van der Waals surface area contributed by atoms with Crippen LogP contribution in [0.15, 0.2) is 0 Å². The molecule has 0 saturated carbocycles. The number of terminal acetylenes is 1. The van der Waals surface area contributed by atoms with Crippen molar-refractivity contribution in [2.24, 2.45) is 5.41 Å². The van der Waals surface area contributed by atoms with Crippen molar-refractivity contribution in [3.05, 3.63) is 0 Å². The summed E-state index contributed by atoms with van der Waals surface area (Å²) in [5.41, 5.74) is -0.178. The van der Waals surface area contributed by atoms with Crippen LogP contribution in [0.2, 0.25) is 0 Å². The molecule has 2 nitrogen and oxygen atoms in total. The third-order valence-corrected chi connectivity index (χ3v) is 2.53. The Morgan fingerprint density at radius 1 is 1.75 bits per heavy atom. The van der Waals surface area contributed by atoms with Crippen molar-refractivity contribution in [2.75, 3.05) is 13.1 Å². The fourth-order valence-electron chi connectivity index (χ4n) is 1.51. The lowest BCUT2D eigenvalue weighted by Crippen LogP contribution is -2.42. The molecule has 1 saturated heterocycles. The molecule has 1 amide bonds. The maximum absolute atomic E-state index is 10.8. The van der Waals surface area contributed by atoms with Crippen LogP contribution in [0.1, 0.15) is 19.8 Å². The molecule has 1 aliphatic heterocycles. The molecule has 0 spiro atoms. The fourth-order valence-corrected chi connectivity index (χ4v) is 1.65. The molecule has 0 aromatic carbocycles. The normalized spacial score (nSPS) is 29.6. The Balaban J connectivity index is 2.64. The minimum Gasteiger partial charge on any atom is -0.328 e. The third-order valence-electron chi connectivity index (χ3n) is 2.29. The molecule has 0 bridgehead atoms. The Hall–Kier alpha value is -0.680. The van der Waals surface area contributed by atoms with Gasteiger partial charge in [-0.2, -0.15) is 0 Å². The van der Waals surface area contributed by atoms with Gasteiger partial charge in [-0.15, -0.1) is 6.42 Å². The van der Waals surface area contributed by atoms with E-state index in [2.05, 4.69) is 5.92 Å². The lowest BCUT2D eigenvalue weighted by atomic mass is 9.83. The van der Waals surface area contributed by atoms with Gasteiger partial charge in [0.05, 0.1) is 0 Å². The SMILES string of the molecule is C#CC1(C)CCCN(C(=O)Cl)C1. The van der Waals surface area contributed by atoms with Crippen LogP contribution in [0.3, 0.4) is 0 Å². The number of carbonyl (C=O) groups excluding carboxylic acids is 1. The first-order chi connectivity index (χ1) is 5.57. The molecule has 1 aliphatic rings. The molecule has 3 heteroatoms. The monoisotopic (exact) mass is 185 g/mol. The second-order valence-corrected chi connectivity index (χ2v) is 3.81. The maximum Gasteiger partial charge on any atom is 0.316 e. The number of likely N-dealkylation sites (tertiary alicyclic amines) is 1. The van der Waals surface area contributed by atoms with Gasteiger partial charge in [0.15, 0.2) is 0 Å². The standard InChI is InChI=1S/C9H12ClNO/c1-3-9(2)5-4-6-11(7-9)8(10)12/h1H,4-7H2,2H3. The zero-order valence-electron chi connectivity index (χ0n) is 7.14. The van der Waals surface area contributed by atoms with Crippen molar-refractivity contribution in [3.63, 3.8) is 0 Å². The van der Waals surface area contributed by atoms with Crippen molar-refractivity contribution in [1.82, 2.24) is 4.90 Å². The lowest BCUT2D eigenvalue weighted by Gasteiger charge is -2.35. The number of rotatable bonds is 0. The molecule has 0 radical (unpaired) electrons. The first-order valence-corrected chi connectivity index (χ1v) is 4.37. The maximum atomic E-state index is 10.8. The van der Waals surface area contributed by atoms with Crippen LogP contribution in [0, 0.1) is 17.8 Å². The Morgan fingerprint density at radius 2 is 2.42 bits per heavy atom. The van der Waals surface area contributed by atoms with Crippen LogP contribution in [0.25, 0.3) is 0 Å². The smallest absolute Gasteiger partial charge is 0.316 e. The van der Waals surface area contributed by atoms with Crippen LogP contribution in [-0.4, -0.2) is 23.4 Å². The summed E-state index contributed by atoms with van der Waals surface area (Å²) in [5, 5.41) is -0.392. The first-order valence-electron chi connectivity index (χ1n) is 3.99. The molecule has 12 heavy (non-hydrogen) atoms. The van der Waals surface area contributed by atoms with E-state index in [0.717, 1.165) is 19.4 Å². The van der Waals surface area contributed by atoms with Gasteiger partial charge in [0.2, 0.25) is 0 Å². The highest BCUT2D eigenvalue weighted by Crippen LogP contribution is 2.28.